The number of aryl methyl sites for hydroxylation is 1. The van der Waals surface area contributed by atoms with Crippen LogP contribution in [0.25, 0.3) is 5.70 Å². The lowest BCUT2D eigenvalue weighted by molar-refractivity contribution is 0.218. The summed E-state index contributed by atoms with van der Waals surface area (Å²) in [5.74, 6) is 1.00. The van der Waals surface area contributed by atoms with Crippen LogP contribution >= 0.6 is 0 Å². The fourth-order valence-electron chi connectivity index (χ4n) is 4.39. The van der Waals surface area contributed by atoms with Crippen molar-refractivity contribution in [3.8, 4) is 5.75 Å². The van der Waals surface area contributed by atoms with Gasteiger partial charge in [0.15, 0.2) is 6.10 Å². The first-order valence-corrected chi connectivity index (χ1v) is 10.0. The topological polar surface area (TPSA) is 64.9 Å². The number of anilines is 1. The van der Waals surface area contributed by atoms with E-state index >= 15 is 0 Å². The quantitative estimate of drug-likeness (QED) is 0.519. The van der Waals surface area contributed by atoms with Gasteiger partial charge < -0.3 is 10.1 Å². The largest absolute Gasteiger partial charge is 0.480 e. The average Bonchev–Trinajstić information content (AvgIpc) is 3.27. The molecule has 6 rings (SSSR count). The van der Waals surface area contributed by atoms with E-state index in [1.807, 2.05) is 37.3 Å². The van der Waals surface area contributed by atoms with Crippen LogP contribution in [-0.2, 0) is 0 Å². The van der Waals surface area contributed by atoms with Crippen LogP contribution in [0.2, 0.25) is 0 Å². The molecule has 4 heterocycles. The fraction of sp³-hybridized carbons (Fsp3) is 0.125. The number of nitrogens with one attached hydrogen (secondary N) is 1. The van der Waals surface area contributed by atoms with E-state index in [0.717, 1.165) is 28.0 Å². The number of halogens is 1. The number of aromatic nitrogens is 4. The molecular weight excluding hydrogens is 393 g/mol. The molecular formula is C24H18FN5O. The van der Waals surface area contributed by atoms with E-state index in [9.17, 15) is 4.39 Å². The molecule has 2 aliphatic rings. The smallest absolute Gasteiger partial charge is 0.226 e. The van der Waals surface area contributed by atoms with Crippen molar-refractivity contribution in [3.05, 3.63) is 107 Å². The second-order valence-corrected chi connectivity index (χ2v) is 7.69. The molecule has 6 nitrogen and oxygen atoms in total. The van der Waals surface area contributed by atoms with Crippen LogP contribution in [0.4, 0.5) is 10.3 Å². The number of hydrogen-bond acceptors (Lipinski definition) is 5. The zero-order valence-electron chi connectivity index (χ0n) is 16.7. The summed E-state index contributed by atoms with van der Waals surface area (Å²) in [5, 5.41) is 7.89. The van der Waals surface area contributed by atoms with E-state index in [1.54, 1.807) is 29.2 Å². The first kappa shape index (κ1) is 17.8. The normalized spacial score (nSPS) is 19.0. The number of pyridine rings is 1. The van der Waals surface area contributed by atoms with Gasteiger partial charge in [0, 0.05) is 29.1 Å². The molecule has 7 heteroatoms. The maximum absolute atomic E-state index is 15.0. The van der Waals surface area contributed by atoms with Crippen LogP contribution in [0.3, 0.4) is 0 Å². The SMILES string of the molecule is Cc1ccc2c(c1)C1=C([C@H](c3cccnc3)n3ncnc3N1)[C@@H](c1ccccc1F)O2. The predicted molar refractivity (Wildman–Crippen MR) is 114 cm³/mol. The summed E-state index contributed by atoms with van der Waals surface area (Å²) in [4.78, 5) is 8.71. The highest BCUT2D eigenvalue weighted by Crippen LogP contribution is 2.50. The Morgan fingerprint density at radius 2 is 2.00 bits per heavy atom. The van der Waals surface area contributed by atoms with Gasteiger partial charge in [-0.15, -0.1) is 0 Å². The molecule has 0 amide bonds. The number of ether oxygens (including phenoxy) is 1. The molecule has 2 atom stereocenters. The molecule has 0 unspecified atom stereocenters. The molecule has 152 valence electrons. The number of benzene rings is 2. The molecule has 0 saturated heterocycles. The Labute approximate surface area is 178 Å². The summed E-state index contributed by atoms with van der Waals surface area (Å²) in [6.45, 7) is 2.04. The summed E-state index contributed by atoms with van der Waals surface area (Å²) in [6.07, 6.45) is 4.41. The van der Waals surface area contributed by atoms with E-state index in [4.69, 9.17) is 4.74 Å². The van der Waals surface area contributed by atoms with Crippen LogP contribution in [-0.4, -0.2) is 19.7 Å². The van der Waals surface area contributed by atoms with Crippen molar-refractivity contribution in [1.82, 2.24) is 19.7 Å². The highest BCUT2D eigenvalue weighted by Gasteiger charge is 2.41. The average molecular weight is 411 g/mol. The number of fused-ring (bicyclic) bond motifs is 3. The molecule has 1 N–H and O–H groups in total. The minimum Gasteiger partial charge on any atom is -0.480 e. The van der Waals surface area contributed by atoms with E-state index in [1.165, 1.54) is 12.4 Å². The van der Waals surface area contributed by atoms with Gasteiger partial charge in [0.2, 0.25) is 5.95 Å². The number of rotatable bonds is 2. The van der Waals surface area contributed by atoms with Crippen LogP contribution in [0.1, 0.15) is 34.4 Å². The Hall–Kier alpha value is -4.00. The van der Waals surface area contributed by atoms with Gasteiger partial charge in [-0.1, -0.05) is 35.9 Å². The monoisotopic (exact) mass is 411 g/mol. The van der Waals surface area contributed by atoms with Gasteiger partial charge in [-0.3, -0.25) is 4.98 Å². The van der Waals surface area contributed by atoms with Crippen molar-refractivity contribution in [1.29, 1.82) is 0 Å². The number of nitrogens with zero attached hydrogens (tertiary/aromatic N) is 4. The Morgan fingerprint density at radius 1 is 1.10 bits per heavy atom. The molecule has 2 aromatic heterocycles. The Kier molecular flexibility index (Phi) is 3.89. The third kappa shape index (κ3) is 2.73. The van der Waals surface area contributed by atoms with Crippen molar-refractivity contribution >= 4 is 11.6 Å². The Bertz CT molecular complexity index is 1330. The minimum atomic E-state index is -0.638. The summed E-state index contributed by atoms with van der Waals surface area (Å²) < 4.78 is 23.2. The second kappa shape index (κ2) is 6.77. The van der Waals surface area contributed by atoms with E-state index in [2.05, 4.69) is 26.4 Å². The third-order valence-corrected chi connectivity index (χ3v) is 5.76. The van der Waals surface area contributed by atoms with Gasteiger partial charge in [-0.05, 0) is 36.8 Å². The standard InChI is InChI=1S/C24H18FN5O/c1-14-8-9-19-17(11-14)21-20(23(31-19)16-6-2-3-7-18(16)25)22(15-5-4-10-26-12-15)30-24(29-21)27-13-28-30/h2-13,22-23H,1H3,(H,27,28,29)/t22-,23+/m0/s1. The Morgan fingerprint density at radius 3 is 2.84 bits per heavy atom. The lowest BCUT2D eigenvalue weighted by atomic mass is 9.84. The molecule has 31 heavy (non-hydrogen) atoms. The van der Waals surface area contributed by atoms with E-state index < -0.39 is 6.10 Å². The molecule has 0 bridgehead atoms. The van der Waals surface area contributed by atoms with Gasteiger partial charge >= 0.3 is 0 Å². The molecule has 0 aliphatic carbocycles. The lowest BCUT2D eigenvalue weighted by Crippen LogP contribution is -2.32. The number of hydrogen-bond donors (Lipinski definition) is 1. The fourth-order valence-corrected chi connectivity index (χ4v) is 4.39. The molecule has 0 saturated carbocycles. The van der Waals surface area contributed by atoms with E-state index in [-0.39, 0.29) is 11.9 Å². The van der Waals surface area contributed by atoms with Crippen LogP contribution in [0.15, 0.2) is 78.9 Å². The van der Waals surface area contributed by atoms with E-state index in [0.29, 0.717) is 17.3 Å². The molecule has 4 aromatic rings. The van der Waals surface area contributed by atoms with Crippen molar-refractivity contribution in [2.24, 2.45) is 0 Å². The Balaban J connectivity index is 1.66. The highest BCUT2D eigenvalue weighted by molar-refractivity contribution is 5.85. The van der Waals surface area contributed by atoms with Crippen LogP contribution < -0.4 is 10.1 Å². The summed E-state index contributed by atoms with van der Waals surface area (Å²) in [6, 6.07) is 16.2. The van der Waals surface area contributed by atoms with Crippen LogP contribution in [0, 0.1) is 12.7 Å². The highest BCUT2D eigenvalue weighted by atomic mass is 19.1. The van der Waals surface area contributed by atoms with Gasteiger partial charge in [0.1, 0.15) is 23.9 Å². The first-order chi connectivity index (χ1) is 15.2. The van der Waals surface area contributed by atoms with Crippen molar-refractivity contribution < 1.29 is 9.13 Å². The molecule has 2 aliphatic heterocycles. The van der Waals surface area contributed by atoms with Crippen molar-refractivity contribution in [3.63, 3.8) is 0 Å². The maximum Gasteiger partial charge on any atom is 0.226 e. The van der Waals surface area contributed by atoms with Gasteiger partial charge in [-0.2, -0.15) is 10.1 Å². The maximum atomic E-state index is 15.0. The zero-order chi connectivity index (χ0) is 20.9. The zero-order valence-corrected chi connectivity index (χ0v) is 16.7. The summed E-state index contributed by atoms with van der Waals surface area (Å²) >= 11 is 0. The molecule has 0 fully saturated rings. The van der Waals surface area contributed by atoms with Crippen molar-refractivity contribution in [2.45, 2.75) is 19.1 Å². The molecule has 0 spiro atoms. The van der Waals surface area contributed by atoms with Gasteiger partial charge in [0.05, 0.1) is 5.70 Å². The van der Waals surface area contributed by atoms with Gasteiger partial charge in [0.25, 0.3) is 0 Å². The summed E-state index contributed by atoms with van der Waals surface area (Å²) in [5.41, 5.74) is 5.16. The molecule has 2 aromatic carbocycles. The minimum absolute atomic E-state index is 0.316. The van der Waals surface area contributed by atoms with Crippen LogP contribution in [0.5, 0.6) is 5.75 Å². The first-order valence-electron chi connectivity index (χ1n) is 10.0. The second-order valence-electron chi connectivity index (χ2n) is 7.69. The van der Waals surface area contributed by atoms with Gasteiger partial charge in [-0.25, -0.2) is 9.07 Å². The third-order valence-electron chi connectivity index (χ3n) is 5.76. The summed E-state index contributed by atoms with van der Waals surface area (Å²) in [7, 11) is 0. The van der Waals surface area contributed by atoms with Crippen molar-refractivity contribution in [2.75, 3.05) is 5.32 Å². The molecule has 0 radical (unpaired) electrons. The predicted octanol–water partition coefficient (Wildman–Crippen LogP) is 4.68. The lowest BCUT2D eigenvalue weighted by Gasteiger charge is -2.39.